The summed E-state index contributed by atoms with van der Waals surface area (Å²) in [6.07, 6.45) is 2.62. The number of aryl methyl sites for hydroxylation is 2. The lowest BCUT2D eigenvalue weighted by Gasteiger charge is -2.07. The van der Waals surface area contributed by atoms with Crippen LogP contribution in [0.1, 0.15) is 16.7 Å². The zero-order valence-electron chi connectivity index (χ0n) is 14.3. The van der Waals surface area contributed by atoms with Crippen LogP contribution in [0.5, 0.6) is 0 Å². The molecule has 0 aliphatic rings. The molecule has 0 aliphatic heterocycles. The second-order valence-corrected chi connectivity index (χ2v) is 6.14. The third-order valence-electron chi connectivity index (χ3n) is 4.16. The predicted octanol–water partition coefficient (Wildman–Crippen LogP) is 3.08. The van der Waals surface area contributed by atoms with E-state index in [4.69, 9.17) is 0 Å². The molecule has 128 valence electrons. The van der Waals surface area contributed by atoms with Gasteiger partial charge in [-0.2, -0.15) is 0 Å². The van der Waals surface area contributed by atoms with Crippen molar-refractivity contribution in [2.75, 3.05) is 11.9 Å². The molecule has 0 spiro atoms. The van der Waals surface area contributed by atoms with Crippen LogP contribution in [-0.2, 0) is 16.0 Å². The highest BCUT2D eigenvalue weighted by atomic mass is 16.2. The second kappa shape index (κ2) is 7.21. The van der Waals surface area contributed by atoms with Gasteiger partial charge in [0, 0.05) is 29.3 Å². The summed E-state index contributed by atoms with van der Waals surface area (Å²) < 4.78 is 0. The van der Waals surface area contributed by atoms with E-state index in [1.807, 2.05) is 43.5 Å². The van der Waals surface area contributed by atoms with E-state index in [0.29, 0.717) is 18.7 Å². The molecular weight excluding hydrogens is 314 g/mol. The highest BCUT2D eigenvalue weighted by Crippen LogP contribution is 2.22. The smallest absolute Gasteiger partial charge is 0.313 e. The molecule has 5 nitrogen and oxygen atoms in total. The molecule has 0 bridgehead atoms. The first-order valence-electron chi connectivity index (χ1n) is 8.26. The fourth-order valence-electron chi connectivity index (χ4n) is 2.95. The molecule has 0 saturated carbocycles. The van der Waals surface area contributed by atoms with Crippen LogP contribution in [0, 0.1) is 13.8 Å². The number of aromatic amines is 1. The van der Waals surface area contributed by atoms with Crippen molar-refractivity contribution in [3.05, 3.63) is 65.4 Å². The van der Waals surface area contributed by atoms with Gasteiger partial charge in [0.2, 0.25) is 0 Å². The first kappa shape index (κ1) is 16.8. The van der Waals surface area contributed by atoms with Gasteiger partial charge < -0.3 is 15.6 Å². The molecule has 1 aromatic heterocycles. The summed E-state index contributed by atoms with van der Waals surface area (Å²) in [5, 5.41) is 6.46. The minimum atomic E-state index is -0.652. The van der Waals surface area contributed by atoms with E-state index < -0.39 is 11.8 Å². The summed E-state index contributed by atoms with van der Waals surface area (Å²) >= 11 is 0. The summed E-state index contributed by atoms with van der Waals surface area (Å²) in [7, 11) is 0. The van der Waals surface area contributed by atoms with Gasteiger partial charge >= 0.3 is 11.8 Å². The van der Waals surface area contributed by atoms with E-state index in [9.17, 15) is 9.59 Å². The number of H-pyrrole nitrogens is 1. The van der Waals surface area contributed by atoms with E-state index in [0.717, 1.165) is 16.6 Å². The van der Waals surface area contributed by atoms with Gasteiger partial charge in [0.25, 0.3) is 0 Å². The SMILES string of the molecule is Cc1cccc(NC(=O)C(=O)NCCc2c[nH]c3cccc(C)c23)c1. The minimum Gasteiger partial charge on any atom is -0.361 e. The van der Waals surface area contributed by atoms with Crippen LogP contribution in [0.2, 0.25) is 0 Å². The van der Waals surface area contributed by atoms with E-state index >= 15 is 0 Å². The van der Waals surface area contributed by atoms with Crippen LogP contribution in [0.4, 0.5) is 5.69 Å². The van der Waals surface area contributed by atoms with Crippen molar-refractivity contribution in [3.8, 4) is 0 Å². The number of hydrogen-bond acceptors (Lipinski definition) is 2. The number of hydrogen-bond donors (Lipinski definition) is 3. The highest BCUT2D eigenvalue weighted by Gasteiger charge is 2.14. The molecule has 0 fully saturated rings. The topological polar surface area (TPSA) is 74.0 Å². The van der Waals surface area contributed by atoms with Crippen LogP contribution in [0.15, 0.2) is 48.7 Å². The summed E-state index contributed by atoms with van der Waals surface area (Å²) in [4.78, 5) is 27.1. The summed E-state index contributed by atoms with van der Waals surface area (Å²) in [6, 6.07) is 13.4. The Balaban J connectivity index is 1.56. The van der Waals surface area contributed by atoms with Crippen molar-refractivity contribution < 1.29 is 9.59 Å². The molecule has 3 N–H and O–H groups in total. The molecule has 2 amide bonds. The Labute approximate surface area is 146 Å². The molecule has 3 aromatic rings. The quantitative estimate of drug-likeness (QED) is 0.641. The van der Waals surface area contributed by atoms with Crippen molar-refractivity contribution in [2.24, 2.45) is 0 Å². The molecule has 0 aliphatic carbocycles. The van der Waals surface area contributed by atoms with Crippen molar-refractivity contribution >= 4 is 28.4 Å². The average Bonchev–Trinajstić information content (AvgIpc) is 2.99. The van der Waals surface area contributed by atoms with Gasteiger partial charge in [0.05, 0.1) is 0 Å². The molecule has 5 heteroatoms. The van der Waals surface area contributed by atoms with E-state index in [2.05, 4.69) is 28.6 Å². The van der Waals surface area contributed by atoms with Gasteiger partial charge in [0.15, 0.2) is 0 Å². The maximum absolute atomic E-state index is 12.0. The Morgan fingerprint density at radius 3 is 2.64 bits per heavy atom. The zero-order valence-corrected chi connectivity index (χ0v) is 14.3. The lowest BCUT2D eigenvalue weighted by molar-refractivity contribution is -0.136. The fourth-order valence-corrected chi connectivity index (χ4v) is 2.95. The predicted molar refractivity (Wildman–Crippen MR) is 99.6 cm³/mol. The largest absolute Gasteiger partial charge is 0.361 e. The Hall–Kier alpha value is -3.08. The van der Waals surface area contributed by atoms with Crippen LogP contribution < -0.4 is 10.6 Å². The number of carbonyl (C=O) groups is 2. The van der Waals surface area contributed by atoms with Crippen LogP contribution in [0.3, 0.4) is 0 Å². The molecule has 0 radical (unpaired) electrons. The third kappa shape index (κ3) is 3.88. The fraction of sp³-hybridized carbons (Fsp3) is 0.200. The number of carbonyl (C=O) groups excluding carboxylic acids is 2. The number of anilines is 1. The van der Waals surface area contributed by atoms with Crippen molar-refractivity contribution in [3.63, 3.8) is 0 Å². The van der Waals surface area contributed by atoms with Crippen LogP contribution in [0.25, 0.3) is 10.9 Å². The third-order valence-corrected chi connectivity index (χ3v) is 4.16. The number of fused-ring (bicyclic) bond motifs is 1. The Morgan fingerprint density at radius 2 is 1.84 bits per heavy atom. The first-order chi connectivity index (χ1) is 12.0. The number of rotatable bonds is 4. The minimum absolute atomic E-state index is 0.404. The maximum Gasteiger partial charge on any atom is 0.313 e. The molecule has 0 unspecified atom stereocenters. The molecule has 25 heavy (non-hydrogen) atoms. The van der Waals surface area contributed by atoms with Gasteiger partial charge in [-0.25, -0.2) is 0 Å². The normalized spacial score (nSPS) is 10.6. The lowest BCUT2D eigenvalue weighted by Crippen LogP contribution is -2.36. The standard InChI is InChI=1S/C20H21N3O2/c1-13-5-3-7-16(11-13)23-20(25)19(24)21-10-9-15-12-22-17-8-4-6-14(2)18(15)17/h3-8,11-12,22H,9-10H2,1-2H3,(H,21,24)(H,23,25). The Bertz CT molecular complexity index is 928. The zero-order chi connectivity index (χ0) is 17.8. The van der Waals surface area contributed by atoms with Crippen molar-refractivity contribution in [1.82, 2.24) is 10.3 Å². The molecule has 1 heterocycles. The van der Waals surface area contributed by atoms with Gasteiger partial charge in [-0.3, -0.25) is 9.59 Å². The number of nitrogens with one attached hydrogen (secondary N) is 3. The van der Waals surface area contributed by atoms with E-state index in [1.54, 1.807) is 6.07 Å². The maximum atomic E-state index is 12.0. The summed E-state index contributed by atoms with van der Waals surface area (Å²) in [5.41, 5.74) is 5.04. The lowest BCUT2D eigenvalue weighted by atomic mass is 10.1. The molecule has 0 saturated heterocycles. The Kier molecular flexibility index (Phi) is 4.84. The van der Waals surface area contributed by atoms with Crippen LogP contribution in [-0.4, -0.2) is 23.3 Å². The first-order valence-corrected chi connectivity index (χ1v) is 8.26. The highest BCUT2D eigenvalue weighted by molar-refractivity contribution is 6.39. The number of benzene rings is 2. The van der Waals surface area contributed by atoms with Crippen molar-refractivity contribution in [1.29, 1.82) is 0 Å². The number of aromatic nitrogens is 1. The van der Waals surface area contributed by atoms with E-state index in [1.165, 1.54) is 10.9 Å². The summed E-state index contributed by atoms with van der Waals surface area (Å²) in [6.45, 7) is 4.40. The van der Waals surface area contributed by atoms with Gasteiger partial charge in [-0.05, 0) is 55.2 Å². The number of amides is 2. The van der Waals surface area contributed by atoms with Crippen LogP contribution >= 0.6 is 0 Å². The van der Waals surface area contributed by atoms with Gasteiger partial charge in [0.1, 0.15) is 0 Å². The van der Waals surface area contributed by atoms with Gasteiger partial charge in [-0.15, -0.1) is 0 Å². The average molecular weight is 335 g/mol. The molecular formula is C20H21N3O2. The monoisotopic (exact) mass is 335 g/mol. The summed E-state index contributed by atoms with van der Waals surface area (Å²) in [5.74, 6) is -1.28. The molecule has 2 aromatic carbocycles. The Morgan fingerprint density at radius 1 is 1.04 bits per heavy atom. The molecule has 3 rings (SSSR count). The molecule has 0 atom stereocenters. The van der Waals surface area contributed by atoms with E-state index in [-0.39, 0.29) is 0 Å². The van der Waals surface area contributed by atoms with Crippen molar-refractivity contribution in [2.45, 2.75) is 20.3 Å². The van der Waals surface area contributed by atoms with Gasteiger partial charge in [-0.1, -0.05) is 24.3 Å². The second-order valence-electron chi connectivity index (χ2n) is 6.14.